The Morgan fingerprint density at radius 1 is 1.35 bits per heavy atom. The minimum absolute atomic E-state index is 0.111. The molecule has 1 saturated heterocycles. The number of morpholine rings is 1. The number of amides is 2. The van der Waals surface area contributed by atoms with Gasteiger partial charge in [0.15, 0.2) is 5.13 Å². The third-order valence-corrected chi connectivity index (χ3v) is 5.53. The van der Waals surface area contributed by atoms with E-state index in [4.69, 9.17) is 4.74 Å². The molecule has 1 aliphatic heterocycles. The van der Waals surface area contributed by atoms with Crippen LogP contribution in [0.5, 0.6) is 0 Å². The predicted octanol–water partition coefficient (Wildman–Crippen LogP) is 2.42. The van der Waals surface area contributed by atoms with Gasteiger partial charge in [-0.25, -0.2) is 4.98 Å². The maximum absolute atomic E-state index is 12.4. The van der Waals surface area contributed by atoms with E-state index in [2.05, 4.69) is 20.5 Å². The first-order valence-corrected chi connectivity index (χ1v) is 10.8. The average molecular weight is 448 g/mol. The number of aromatic nitrogens is 1. The van der Waals surface area contributed by atoms with E-state index in [0.29, 0.717) is 11.7 Å². The second-order valence-corrected chi connectivity index (χ2v) is 8.45. The van der Waals surface area contributed by atoms with Gasteiger partial charge in [0.25, 0.3) is 11.6 Å². The van der Waals surface area contributed by atoms with Gasteiger partial charge in [0.05, 0.1) is 22.8 Å². The van der Waals surface area contributed by atoms with Gasteiger partial charge in [-0.15, -0.1) is 11.3 Å². The molecule has 0 radical (unpaired) electrons. The van der Waals surface area contributed by atoms with Crippen molar-refractivity contribution in [1.82, 2.24) is 15.2 Å². The molecule has 1 aliphatic rings. The van der Waals surface area contributed by atoms with E-state index in [0.717, 1.165) is 18.8 Å². The number of benzene rings is 1. The van der Waals surface area contributed by atoms with Crippen molar-refractivity contribution in [2.24, 2.45) is 0 Å². The minimum atomic E-state index is -0.847. The molecular formula is C20H25N5O5S. The molecule has 10 nitrogen and oxygen atoms in total. The second-order valence-electron chi connectivity index (χ2n) is 7.59. The first kappa shape index (κ1) is 22.8. The van der Waals surface area contributed by atoms with Crippen LogP contribution in [0.15, 0.2) is 29.6 Å². The molecule has 0 saturated carbocycles. The molecule has 3 atom stereocenters. The standard InChI is InChI=1S/C20H25N5O5S/c1-12-8-24(9-13(2)30-12)10-16-11-31-20(22-16)23-18(26)14(3)21-19(27)15-5-4-6-17(7-15)25(28)29/h4-7,11-14H,8-10H2,1-3H3,(H,21,27)(H,22,23,26). The molecule has 31 heavy (non-hydrogen) atoms. The van der Waals surface area contributed by atoms with E-state index in [9.17, 15) is 19.7 Å². The Bertz CT molecular complexity index is 955. The lowest BCUT2D eigenvalue weighted by molar-refractivity contribution is -0.384. The summed E-state index contributed by atoms with van der Waals surface area (Å²) in [5.74, 6) is -0.991. The Hall–Kier alpha value is -2.89. The lowest BCUT2D eigenvalue weighted by atomic mass is 10.1. The van der Waals surface area contributed by atoms with Gasteiger partial charge in [-0.2, -0.15) is 0 Å². The van der Waals surface area contributed by atoms with Gasteiger partial charge in [-0.3, -0.25) is 24.6 Å². The number of ether oxygens (including phenoxy) is 1. The van der Waals surface area contributed by atoms with E-state index in [1.807, 2.05) is 19.2 Å². The number of nitro benzene ring substituents is 1. The largest absolute Gasteiger partial charge is 0.373 e. The van der Waals surface area contributed by atoms with Crippen LogP contribution < -0.4 is 10.6 Å². The van der Waals surface area contributed by atoms with Crippen molar-refractivity contribution < 1.29 is 19.2 Å². The zero-order valence-corrected chi connectivity index (χ0v) is 18.3. The number of hydrogen-bond acceptors (Lipinski definition) is 8. The molecule has 2 N–H and O–H groups in total. The molecule has 0 bridgehead atoms. The number of nitrogens with one attached hydrogen (secondary N) is 2. The minimum Gasteiger partial charge on any atom is -0.373 e. The van der Waals surface area contributed by atoms with Crippen LogP contribution in [0.2, 0.25) is 0 Å². The van der Waals surface area contributed by atoms with Crippen LogP contribution in [-0.2, 0) is 16.1 Å². The quantitative estimate of drug-likeness (QED) is 0.493. The zero-order chi connectivity index (χ0) is 22.5. The molecule has 1 fully saturated rings. The van der Waals surface area contributed by atoms with Gasteiger partial charge in [0.2, 0.25) is 5.91 Å². The number of carbonyl (C=O) groups excluding carboxylic acids is 2. The Balaban J connectivity index is 1.53. The first-order chi connectivity index (χ1) is 14.7. The van der Waals surface area contributed by atoms with E-state index in [-0.39, 0.29) is 23.5 Å². The number of carbonyl (C=O) groups is 2. The molecule has 2 heterocycles. The van der Waals surface area contributed by atoms with Crippen LogP contribution >= 0.6 is 11.3 Å². The van der Waals surface area contributed by atoms with Crippen molar-refractivity contribution in [3.05, 3.63) is 51.0 Å². The van der Waals surface area contributed by atoms with Crippen molar-refractivity contribution >= 4 is 34.0 Å². The average Bonchev–Trinajstić information content (AvgIpc) is 3.13. The van der Waals surface area contributed by atoms with Gasteiger partial charge >= 0.3 is 0 Å². The van der Waals surface area contributed by atoms with Crippen LogP contribution in [0.1, 0.15) is 36.8 Å². The summed E-state index contributed by atoms with van der Waals surface area (Å²) in [6.45, 7) is 7.94. The maximum Gasteiger partial charge on any atom is 0.270 e. The zero-order valence-electron chi connectivity index (χ0n) is 17.5. The summed E-state index contributed by atoms with van der Waals surface area (Å²) in [5.41, 5.74) is 0.776. The van der Waals surface area contributed by atoms with Gasteiger partial charge < -0.3 is 15.4 Å². The highest BCUT2D eigenvalue weighted by Gasteiger charge is 2.23. The van der Waals surface area contributed by atoms with Crippen LogP contribution in [0.3, 0.4) is 0 Å². The van der Waals surface area contributed by atoms with E-state index in [1.54, 1.807) is 0 Å². The molecule has 11 heteroatoms. The number of rotatable bonds is 7. The molecule has 1 aromatic heterocycles. The monoisotopic (exact) mass is 447 g/mol. The lowest BCUT2D eigenvalue weighted by Gasteiger charge is -2.34. The molecule has 3 unspecified atom stereocenters. The fraction of sp³-hybridized carbons (Fsp3) is 0.450. The third kappa shape index (κ3) is 6.29. The number of hydrogen-bond donors (Lipinski definition) is 2. The van der Waals surface area contributed by atoms with Gasteiger partial charge in [0.1, 0.15) is 6.04 Å². The molecule has 3 rings (SSSR count). The highest BCUT2D eigenvalue weighted by Crippen LogP contribution is 2.19. The van der Waals surface area contributed by atoms with Gasteiger partial charge in [0, 0.05) is 42.7 Å². The second kappa shape index (κ2) is 9.94. The van der Waals surface area contributed by atoms with E-state index >= 15 is 0 Å². The summed E-state index contributed by atoms with van der Waals surface area (Å²) in [5, 5.41) is 18.5. The number of nitrogens with zero attached hydrogens (tertiary/aromatic N) is 3. The van der Waals surface area contributed by atoms with Crippen molar-refractivity contribution in [1.29, 1.82) is 0 Å². The van der Waals surface area contributed by atoms with E-state index in [1.165, 1.54) is 42.5 Å². The number of non-ortho nitro benzene ring substituents is 1. The van der Waals surface area contributed by atoms with Crippen LogP contribution in [0, 0.1) is 10.1 Å². The smallest absolute Gasteiger partial charge is 0.270 e. The lowest BCUT2D eigenvalue weighted by Crippen LogP contribution is -2.44. The number of anilines is 1. The first-order valence-electron chi connectivity index (χ1n) is 9.89. The fourth-order valence-corrected chi connectivity index (χ4v) is 4.10. The van der Waals surface area contributed by atoms with Crippen molar-refractivity contribution in [2.45, 2.75) is 45.6 Å². The van der Waals surface area contributed by atoms with Crippen LogP contribution in [-0.4, -0.2) is 58.0 Å². The number of nitro groups is 1. The summed E-state index contributed by atoms with van der Waals surface area (Å²) in [4.78, 5) is 41.8. The topological polar surface area (TPSA) is 127 Å². The van der Waals surface area contributed by atoms with Crippen molar-refractivity contribution in [2.75, 3.05) is 18.4 Å². The summed E-state index contributed by atoms with van der Waals surface area (Å²) < 4.78 is 5.74. The Morgan fingerprint density at radius 3 is 2.74 bits per heavy atom. The Kier molecular flexibility index (Phi) is 7.31. The molecular weight excluding hydrogens is 422 g/mol. The van der Waals surface area contributed by atoms with E-state index < -0.39 is 22.8 Å². The third-order valence-electron chi connectivity index (χ3n) is 4.72. The van der Waals surface area contributed by atoms with Gasteiger partial charge in [-0.05, 0) is 26.8 Å². The molecule has 0 spiro atoms. The van der Waals surface area contributed by atoms with Crippen molar-refractivity contribution in [3.8, 4) is 0 Å². The SMILES string of the molecule is CC1CN(Cc2csc(NC(=O)C(C)NC(=O)c3cccc([N+](=O)[O-])c3)n2)CC(C)O1. The molecule has 166 valence electrons. The number of thiazole rings is 1. The highest BCUT2D eigenvalue weighted by molar-refractivity contribution is 7.13. The summed E-state index contributed by atoms with van der Waals surface area (Å²) >= 11 is 1.32. The summed E-state index contributed by atoms with van der Waals surface area (Å²) in [6.07, 6.45) is 0.328. The fourth-order valence-electron chi connectivity index (χ4n) is 3.40. The molecule has 2 amide bonds. The molecule has 2 aromatic rings. The molecule has 0 aliphatic carbocycles. The Labute approximate surface area is 183 Å². The normalized spacial score (nSPS) is 20.1. The van der Waals surface area contributed by atoms with Crippen molar-refractivity contribution in [3.63, 3.8) is 0 Å². The predicted molar refractivity (Wildman–Crippen MR) is 116 cm³/mol. The molecule has 1 aromatic carbocycles. The Morgan fingerprint density at radius 2 is 2.06 bits per heavy atom. The summed E-state index contributed by atoms with van der Waals surface area (Å²) in [6, 6.07) is 4.49. The highest BCUT2D eigenvalue weighted by atomic mass is 32.1. The maximum atomic E-state index is 12.4. The summed E-state index contributed by atoms with van der Waals surface area (Å²) in [7, 11) is 0. The van der Waals surface area contributed by atoms with Crippen LogP contribution in [0.25, 0.3) is 0 Å². The van der Waals surface area contributed by atoms with Crippen LogP contribution in [0.4, 0.5) is 10.8 Å². The van der Waals surface area contributed by atoms with Gasteiger partial charge in [-0.1, -0.05) is 6.07 Å².